The lowest BCUT2D eigenvalue weighted by Crippen LogP contribution is -2.37. The van der Waals surface area contributed by atoms with Crippen LogP contribution in [-0.2, 0) is 0 Å². The van der Waals surface area contributed by atoms with Crippen LogP contribution in [0.4, 0.5) is 25.0 Å². The van der Waals surface area contributed by atoms with Crippen LogP contribution in [0.15, 0.2) is 65.3 Å². The highest BCUT2D eigenvalue weighted by molar-refractivity contribution is 5.90. The van der Waals surface area contributed by atoms with Gasteiger partial charge in [-0.2, -0.15) is 0 Å². The first kappa shape index (κ1) is 17.7. The largest absolute Gasteiger partial charge is 0.464 e. The van der Waals surface area contributed by atoms with Crippen molar-refractivity contribution in [3.63, 3.8) is 0 Å². The van der Waals surface area contributed by atoms with E-state index in [9.17, 15) is 13.6 Å². The second-order valence-electron chi connectivity index (χ2n) is 7.51. The van der Waals surface area contributed by atoms with Crippen molar-refractivity contribution in [2.45, 2.75) is 6.04 Å². The molecular formula is C22H19F2N3O2. The standard InChI is InChI=1S/C22H19F2N3O2/c23-14-6-7-19(18(24)10-14)27-11-16-17(12-27)21(16)26-22(28)25-15-4-1-3-13(9-15)20-5-2-8-29-20/h1-10,16-17,21H,11-12H2,(H2,25,26,28). The zero-order valence-electron chi connectivity index (χ0n) is 15.4. The van der Waals surface area contributed by atoms with Gasteiger partial charge in [0.05, 0.1) is 12.0 Å². The molecule has 0 bridgehead atoms. The van der Waals surface area contributed by atoms with Gasteiger partial charge in [0, 0.05) is 48.3 Å². The van der Waals surface area contributed by atoms with E-state index in [4.69, 9.17) is 4.42 Å². The lowest BCUT2D eigenvalue weighted by atomic mass is 10.1. The van der Waals surface area contributed by atoms with Crippen molar-refractivity contribution in [3.05, 3.63) is 72.5 Å². The molecule has 1 aliphatic heterocycles. The first-order chi connectivity index (χ1) is 14.1. The van der Waals surface area contributed by atoms with Crippen molar-refractivity contribution < 1.29 is 18.0 Å². The number of furan rings is 1. The van der Waals surface area contributed by atoms with Crippen LogP contribution in [0.25, 0.3) is 11.3 Å². The Bertz CT molecular complexity index is 1040. The fourth-order valence-corrected chi connectivity index (χ4v) is 4.19. The highest BCUT2D eigenvalue weighted by Crippen LogP contribution is 2.47. The van der Waals surface area contributed by atoms with Gasteiger partial charge < -0.3 is 20.0 Å². The predicted molar refractivity (Wildman–Crippen MR) is 106 cm³/mol. The highest BCUT2D eigenvalue weighted by Gasteiger charge is 2.56. The number of anilines is 2. The summed E-state index contributed by atoms with van der Waals surface area (Å²) in [6.07, 6.45) is 1.61. The summed E-state index contributed by atoms with van der Waals surface area (Å²) in [6.45, 7) is 1.29. The minimum Gasteiger partial charge on any atom is -0.464 e. The Morgan fingerprint density at radius 1 is 1.03 bits per heavy atom. The molecule has 29 heavy (non-hydrogen) atoms. The maximum atomic E-state index is 14.0. The molecule has 2 unspecified atom stereocenters. The van der Waals surface area contributed by atoms with Gasteiger partial charge in [-0.05, 0) is 36.4 Å². The van der Waals surface area contributed by atoms with E-state index in [0.717, 1.165) is 17.4 Å². The van der Waals surface area contributed by atoms with Gasteiger partial charge >= 0.3 is 6.03 Å². The second kappa shape index (κ2) is 6.92. The SMILES string of the molecule is O=C(Nc1cccc(-c2ccco2)c1)NC1C2CN(c3ccc(F)cc3F)CC21. The summed E-state index contributed by atoms with van der Waals surface area (Å²) in [5.41, 5.74) is 1.97. The zero-order valence-corrected chi connectivity index (χ0v) is 15.4. The summed E-state index contributed by atoms with van der Waals surface area (Å²) in [5.74, 6) is 0.158. The maximum absolute atomic E-state index is 14.0. The summed E-state index contributed by atoms with van der Waals surface area (Å²) < 4.78 is 32.4. The first-order valence-electron chi connectivity index (χ1n) is 9.50. The second-order valence-corrected chi connectivity index (χ2v) is 7.51. The zero-order chi connectivity index (χ0) is 20.0. The smallest absolute Gasteiger partial charge is 0.319 e. The molecule has 1 aromatic heterocycles. The summed E-state index contributed by atoms with van der Waals surface area (Å²) in [7, 11) is 0. The molecule has 2 atom stereocenters. The molecule has 5 nitrogen and oxygen atoms in total. The summed E-state index contributed by atoms with van der Waals surface area (Å²) in [4.78, 5) is 14.3. The molecule has 7 heteroatoms. The lowest BCUT2D eigenvalue weighted by Gasteiger charge is -2.23. The first-order valence-corrected chi connectivity index (χ1v) is 9.50. The number of carbonyl (C=O) groups is 1. The number of nitrogens with zero attached hydrogens (tertiary/aromatic N) is 1. The van der Waals surface area contributed by atoms with Gasteiger partial charge in [-0.15, -0.1) is 0 Å². The van der Waals surface area contributed by atoms with Gasteiger partial charge in [-0.3, -0.25) is 0 Å². The number of piperidine rings is 1. The highest BCUT2D eigenvalue weighted by atomic mass is 19.1. The number of benzene rings is 2. The number of carbonyl (C=O) groups excluding carboxylic acids is 1. The quantitative estimate of drug-likeness (QED) is 0.685. The van der Waals surface area contributed by atoms with E-state index in [1.165, 1.54) is 12.1 Å². The lowest BCUT2D eigenvalue weighted by molar-refractivity contribution is 0.250. The van der Waals surface area contributed by atoms with Crippen molar-refractivity contribution in [1.82, 2.24) is 5.32 Å². The molecule has 2 fully saturated rings. The number of hydrogen-bond donors (Lipinski definition) is 2. The van der Waals surface area contributed by atoms with Gasteiger partial charge in [0.2, 0.25) is 0 Å². The third kappa shape index (κ3) is 3.44. The van der Waals surface area contributed by atoms with Crippen LogP contribution in [0.1, 0.15) is 0 Å². The van der Waals surface area contributed by atoms with E-state index in [-0.39, 0.29) is 23.9 Å². The molecule has 1 saturated heterocycles. The molecule has 2 amide bonds. The van der Waals surface area contributed by atoms with E-state index in [1.54, 1.807) is 6.26 Å². The third-order valence-electron chi connectivity index (χ3n) is 5.67. The molecule has 2 aliphatic rings. The Morgan fingerprint density at radius 3 is 2.59 bits per heavy atom. The van der Waals surface area contributed by atoms with Gasteiger partial charge in [0.15, 0.2) is 0 Å². The van der Waals surface area contributed by atoms with Crippen LogP contribution in [-0.4, -0.2) is 25.2 Å². The van der Waals surface area contributed by atoms with Crippen LogP contribution in [0.5, 0.6) is 0 Å². The van der Waals surface area contributed by atoms with E-state index >= 15 is 0 Å². The van der Waals surface area contributed by atoms with E-state index in [1.807, 2.05) is 41.3 Å². The fourth-order valence-electron chi connectivity index (χ4n) is 4.19. The molecule has 2 aromatic carbocycles. The van der Waals surface area contributed by atoms with E-state index < -0.39 is 11.6 Å². The Labute approximate surface area is 166 Å². The molecule has 2 heterocycles. The van der Waals surface area contributed by atoms with Crippen LogP contribution >= 0.6 is 0 Å². The van der Waals surface area contributed by atoms with Crippen LogP contribution in [0.3, 0.4) is 0 Å². The normalized spacial score (nSPS) is 22.3. The van der Waals surface area contributed by atoms with Crippen LogP contribution < -0.4 is 15.5 Å². The number of fused-ring (bicyclic) bond motifs is 1. The fraction of sp³-hybridized carbons (Fsp3) is 0.227. The Kier molecular flexibility index (Phi) is 4.23. The van der Waals surface area contributed by atoms with Gasteiger partial charge in [0.25, 0.3) is 0 Å². The molecule has 1 aliphatic carbocycles. The molecular weight excluding hydrogens is 376 g/mol. The molecule has 1 saturated carbocycles. The molecule has 148 valence electrons. The number of nitrogens with one attached hydrogen (secondary N) is 2. The van der Waals surface area contributed by atoms with Crippen LogP contribution in [0, 0.1) is 23.5 Å². The third-order valence-corrected chi connectivity index (χ3v) is 5.67. The van der Waals surface area contributed by atoms with Gasteiger partial charge in [-0.1, -0.05) is 12.1 Å². The molecule has 3 aromatic rings. The van der Waals surface area contributed by atoms with E-state index in [0.29, 0.717) is 24.5 Å². The summed E-state index contributed by atoms with van der Waals surface area (Å²) in [6, 6.07) is 14.6. The topological polar surface area (TPSA) is 57.5 Å². The number of urea groups is 1. The molecule has 0 radical (unpaired) electrons. The van der Waals surface area contributed by atoms with Crippen molar-refractivity contribution in [1.29, 1.82) is 0 Å². The Hall–Kier alpha value is -3.35. The number of halogens is 2. The van der Waals surface area contributed by atoms with Crippen molar-refractivity contribution >= 4 is 17.4 Å². The Balaban J connectivity index is 1.17. The molecule has 2 N–H and O–H groups in total. The number of hydrogen-bond acceptors (Lipinski definition) is 3. The van der Waals surface area contributed by atoms with E-state index in [2.05, 4.69) is 10.6 Å². The molecule has 0 spiro atoms. The van der Waals surface area contributed by atoms with Crippen molar-refractivity contribution in [3.8, 4) is 11.3 Å². The summed E-state index contributed by atoms with van der Waals surface area (Å²) in [5, 5.41) is 5.86. The maximum Gasteiger partial charge on any atom is 0.319 e. The van der Waals surface area contributed by atoms with Crippen LogP contribution in [0.2, 0.25) is 0 Å². The Morgan fingerprint density at radius 2 is 1.86 bits per heavy atom. The predicted octanol–water partition coefficient (Wildman–Crippen LogP) is 4.48. The number of amides is 2. The van der Waals surface area contributed by atoms with Crippen molar-refractivity contribution in [2.75, 3.05) is 23.3 Å². The monoisotopic (exact) mass is 395 g/mol. The van der Waals surface area contributed by atoms with Gasteiger partial charge in [-0.25, -0.2) is 13.6 Å². The molecule has 5 rings (SSSR count). The van der Waals surface area contributed by atoms with Gasteiger partial charge in [0.1, 0.15) is 17.4 Å². The minimum atomic E-state index is -0.581. The number of rotatable bonds is 4. The summed E-state index contributed by atoms with van der Waals surface area (Å²) >= 11 is 0. The average molecular weight is 395 g/mol. The van der Waals surface area contributed by atoms with Crippen molar-refractivity contribution in [2.24, 2.45) is 11.8 Å². The average Bonchev–Trinajstić information content (AvgIpc) is 3.13. The minimum absolute atomic E-state index is 0.0722.